The van der Waals surface area contributed by atoms with Crippen molar-refractivity contribution in [1.82, 2.24) is 0 Å². The minimum Gasteiger partial charge on any atom is -0.481 e. The maximum Gasteiger partial charge on any atom is 0.307 e. The summed E-state index contributed by atoms with van der Waals surface area (Å²) < 4.78 is 0. The van der Waals surface area contributed by atoms with Crippen molar-refractivity contribution in [1.29, 1.82) is 0 Å². The highest BCUT2D eigenvalue weighted by Crippen LogP contribution is 2.13. The van der Waals surface area contributed by atoms with Gasteiger partial charge in [0.1, 0.15) is 0 Å². The third-order valence-corrected chi connectivity index (χ3v) is 1.39. The first-order valence-corrected chi connectivity index (χ1v) is 3.44. The van der Waals surface area contributed by atoms with Gasteiger partial charge in [0.2, 0.25) is 0 Å². The second kappa shape index (κ2) is 3.13. The van der Waals surface area contributed by atoms with Gasteiger partial charge in [-0.25, -0.2) is 0 Å². The molecule has 4 nitrogen and oxygen atoms in total. The molecule has 0 heterocycles. The van der Waals surface area contributed by atoms with Crippen molar-refractivity contribution < 1.29 is 9.90 Å². The van der Waals surface area contributed by atoms with E-state index in [-0.39, 0.29) is 6.42 Å². The van der Waals surface area contributed by atoms with Gasteiger partial charge in [-0.15, -0.1) is 0 Å². The van der Waals surface area contributed by atoms with Crippen LogP contribution in [0.4, 0.5) is 11.4 Å². The number of aliphatic carboxylic acids is 1. The van der Waals surface area contributed by atoms with Crippen LogP contribution in [0.15, 0.2) is 18.2 Å². The van der Waals surface area contributed by atoms with E-state index in [1.54, 1.807) is 18.2 Å². The Morgan fingerprint density at radius 1 is 1.25 bits per heavy atom. The number of nitrogen functional groups attached to an aromatic ring is 2. The highest BCUT2D eigenvalue weighted by molar-refractivity contribution is 5.71. The predicted octanol–water partition coefficient (Wildman–Crippen LogP) is 0.478. The summed E-state index contributed by atoms with van der Waals surface area (Å²) in [6, 6.07) is 4.79. The summed E-state index contributed by atoms with van der Waals surface area (Å²) in [5.74, 6) is -0.889. The molecule has 64 valence electrons. The van der Waals surface area contributed by atoms with E-state index < -0.39 is 5.97 Å². The van der Waals surface area contributed by atoms with Crippen molar-refractivity contribution in [2.75, 3.05) is 11.5 Å². The highest BCUT2D eigenvalue weighted by Gasteiger charge is 2.01. The SMILES string of the molecule is Nc1cc(N)cc(CC(=O)O)c1. The Morgan fingerprint density at radius 2 is 1.75 bits per heavy atom. The van der Waals surface area contributed by atoms with Crippen LogP contribution in [-0.4, -0.2) is 11.1 Å². The van der Waals surface area contributed by atoms with Gasteiger partial charge in [0, 0.05) is 11.4 Å². The molecule has 5 N–H and O–H groups in total. The standard InChI is InChI=1S/C8H10N2O2/c9-6-1-5(3-8(11)12)2-7(10)4-6/h1-2,4H,3,9-10H2,(H,11,12). The number of hydrogen-bond acceptors (Lipinski definition) is 3. The molecule has 12 heavy (non-hydrogen) atoms. The molecule has 0 amide bonds. The second-order valence-corrected chi connectivity index (χ2v) is 2.58. The number of benzene rings is 1. The molecule has 0 aromatic heterocycles. The zero-order valence-corrected chi connectivity index (χ0v) is 6.45. The zero-order chi connectivity index (χ0) is 9.14. The lowest BCUT2D eigenvalue weighted by Crippen LogP contribution is -2.01. The lowest BCUT2D eigenvalue weighted by molar-refractivity contribution is -0.136. The smallest absolute Gasteiger partial charge is 0.307 e. The van der Waals surface area contributed by atoms with Gasteiger partial charge < -0.3 is 16.6 Å². The van der Waals surface area contributed by atoms with Crippen LogP contribution in [0.25, 0.3) is 0 Å². The Morgan fingerprint density at radius 3 is 2.17 bits per heavy atom. The summed E-state index contributed by atoms with van der Waals surface area (Å²) in [6.07, 6.45) is -0.0464. The first-order chi connectivity index (χ1) is 5.58. The molecule has 0 atom stereocenters. The third kappa shape index (κ3) is 2.16. The number of hydrogen-bond donors (Lipinski definition) is 3. The van der Waals surface area contributed by atoms with E-state index >= 15 is 0 Å². The molecule has 0 aliphatic carbocycles. The van der Waals surface area contributed by atoms with Crippen LogP contribution in [0, 0.1) is 0 Å². The molecule has 0 unspecified atom stereocenters. The highest BCUT2D eigenvalue weighted by atomic mass is 16.4. The molecule has 0 aliphatic rings. The van der Waals surface area contributed by atoms with Crippen LogP contribution in [0.3, 0.4) is 0 Å². The second-order valence-electron chi connectivity index (χ2n) is 2.58. The van der Waals surface area contributed by atoms with Gasteiger partial charge in [-0.2, -0.15) is 0 Å². The molecule has 0 fully saturated rings. The largest absolute Gasteiger partial charge is 0.481 e. The van der Waals surface area contributed by atoms with E-state index in [4.69, 9.17) is 16.6 Å². The lowest BCUT2D eigenvalue weighted by Gasteiger charge is -2.01. The third-order valence-electron chi connectivity index (χ3n) is 1.39. The van der Waals surface area contributed by atoms with Gasteiger partial charge in [-0.1, -0.05) is 0 Å². The van der Waals surface area contributed by atoms with Gasteiger partial charge >= 0.3 is 5.97 Å². The molecular formula is C8H10N2O2. The first-order valence-electron chi connectivity index (χ1n) is 3.44. The predicted molar refractivity (Wildman–Crippen MR) is 46.6 cm³/mol. The molecule has 0 saturated carbocycles. The molecule has 0 bridgehead atoms. The number of nitrogens with two attached hydrogens (primary N) is 2. The molecule has 1 aromatic carbocycles. The van der Waals surface area contributed by atoms with E-state index in [2.05, 4.69) is 0 Å². The van der Waals surface area contributed by atoms with Gasteiger partial charge in [-0.3, -0.25) is 4.79 Å². The summed E-state index contributed by atoms with van der Waals surface area (Å²) in [5, 5.41) is 8.47. The minimum atomic E-state index is -0.889. The number of carboxylic acids is 1. The fraction of sp³-hybridized carbons (Fsp3) is 0.125. The van der Waals surface area contributed by atoms with Crippen LogP contribution in [-0.2, 0) is 11.2 Å². The van der Waals surface area contributed by atoms with Crippen molar-refractivity contribution in [3.63, 3.8) is 0 Å². The molecule has 4 heteroatoms. The van der Waals surface area contributed by atoms with Gasteiger partial charge in [0.25, 0.3) is 0 Å². The average Bonchev–Trinajstić information content (AvgIpc) is 1.81. The number of carboxylic acid groups (broad SMARTS) is 1. The summed E-state index contributed by atoms with van der Waals surface area (Å²) in [4.78, 5) is 10.3. The number of anilines is 2. The van der Waals surface area contributed by atoms with Crippen molar-refractivity contribution in [3.8, 4) is 0 Å². The van der Waals surface area contributed by atoms with Crippen molar-refractivity contribution >= 4 is 17.3 Å². The summed E-state index contributed by atoms with van der Waals surface area (Å²) in [6.45, 7) is 0. The van der Waals surface area contributed by atoms with Gasteiger partial charge in [0.05, 0.1) is 6.42 Å². The van der Waals surface area contributed by atoms with Crippen LogP contribution >= 0.6 is 0 Å². The summed E-state index contributed by atoms with van der Waals surface area (Å²) >= 11 is 0. The summed E-state index contributed by atoms with van der Waals surface area (Å²) in [5.41, 5.74) is 12.5. The van der Waals surface area contributed by atoms with E-state index in [0.29, 0.717) is 16.9 Å². The first kappa shape index (κ1) is 8.39. The lowest BCUT2D eigenvalue weighted by atomic mass is 10.1. The maximum absolute atomic E-state index is 10.3. The zero-order valence-electron chi connectivity index (χ0n) is 6.45. The molecule has 0 radical (unpaired) electrons. The fourth-order valence-corrected chi connectivity index (χ4v) is 1.02. The Labute approximate surface area is 69.8 Å². The molecular weight excluding hydrogens is 156 g/mol. The Bertz CT molecular complexity index is 290. The topological polar surface area (TPSA) is 89.3 Å². The van der Waals surface area contributed by atoms with E-state index in [1.165, 1.54) is 0 Å². The van der Waals surface area contributed by atoms with E-state index in [0.717, 1.165) is 0 Å². The molecule has 1 aromatic rings. The monoisotopic (exact) mass is 166 g/mol. The van der Waals surface area contributed by atoms with Crippen molar-refractivity contribution in [3.05, 3.63) is 23.8 Å². The Hall–Kier alpha value is -1.71. The van der Waals surface area contributed by atoms with Crippen LogP contribution in [0.2, 0.25) is 0 Å². The van der Waals surface area contributed by atoms with Gasteiger partial charge in [-0.05, 0) is 23.8 Å². The van der Waals surface area contributed by atoms with E-state index in [1.807, 2.05) is 0 Å². The van der Waals surface area contributed by atoms with Crippen LogP contribution in [0.5, 0.6) is 0 Å². The normalized spacial score (nSPS) is 9.67. The maximum atomic E-state index is 10.3. The van der Waals surface area contributed by atoms with Crippen LogP contribution < -0.4 is 11.5 Å². The molecule has 0 spiro atoms. The van der Waals surface area contributed by atoms with Crippen molar-refractivity contribution in [2.45, 2.75) is 6.42 Å². The quantitative estimate of drug-likeness (QED) is 0.557. The van der Waals surface area contributed by atoms with Crippen molar-refractivity contribution in [2.24, 2.45) is 0 Å². The Kier molecular flexibility index (Phi) is 2.19. The van der Waals surface area contributed by atoms with Crippen LogP contribution in [0.1, 0.15) is 5.56 Å². The molecule has 0 aliphatic heterocycles. The van der Waals surface area contributed by atoms with E-state index in [9.17, 15) is 4.79 Å². The molecule has 1 rings (SSSR count). The van der Waals surface area contributed by atoms with Gasteiger partial charge in [0.15, 0.2) is 0 Å². The summed E-state index contributed by atoms with van der Waals surface area (Å²) in [7, 11) is 0. The average molecular weight is 166 g/mol. The fourth-order valence-electron chi connectivity index (χ4n) is 1.02. The molecule has 0 saturated heterocycles. The minimum absolute atomic E-state index is 0.0464. The Balaban J connectivity index is 2.93. The number of carbonyl (C=O) groups is 1. The number of rotatable bonds is 2.